The summed E-state index contributed by atoms with van der Waals surface area (Å²) < 4.78 is 2.02. The van der Waals surface area contributed by atoms with Gasteiger partial charge < -0.3 is 0 Å². The summed E-state index contributed by atoms with van der Waals surface area (Å²) in [6, 6.07) is 7.76. The fourth-order valence-corrected chi connectivity index (χ4v) is 2.96. The molecular weight excluding hydrogens is 268 g/mol. The molecule has 0 fully saturated rings. The number of nitriles is 1. The number of aryl methyl sites for hydroxylation is 2. The Morgan fingerprint density at radius 2 is 2.25 bits per heavy atom. The molecule has 0 atom stereocenters. The molecule has 0 aromatic carbocycles. The predicted molar refractivity (Wildman–Crippen MR) is 80.3 cm³/mol. The van der Waals surface area contributed by atoms with Gasteiger partial charge in [0.2, 0.25) is 0 Å². The van der Waals surface area contributed by atoms with Gasteiger partial charge in [0.1, 0.15) is 6.07 Å². The van der Waals surface area contributed by atoms with Crippen molar-refractivity contribution in [1.82, 2.24) is 14.4 Å². The zero-order valence-corrected chi connectivity index (χ0v) is 12.0. The van der Waals surface area contributed by atoms with Gasteiger partial charge in [-0.3, -0.25) is 9.38 Å². The van der Waals surface area contributed by atoms with Gasteiger partial charge in [-0.2, -0.15) is 5.26 Å². The molecule has 0 aliphatic carbocycles. The Balaban J connectivity index is 2.17. The molecule has 3 rings (SSSR count). The van der Waals surface area contributed by atoms with Crippen molar-refractivity contribution in [1.29, 1.82) is 5.26 Å². The van der Waals surface area contributed by atoms with Crippen molar-refractivity contribution in [3.63, 3.8) is 0 Å². The summed E-state index contributed by atoms with van der Waals surface area (Å²) in [7, 11) is 0. The first-order chi connectivity index (χ1) is 9.69. The van der Waals surface area contributed by atoms with Crippen LogP contribution in [0.3, 0.4) is 0 Å². The van der Waals surface area contributed by atoms with E-state index in [1.54, 1.807) is 17.5 Å². The summed E-state index contributed by atoms with van der Waals surface area (Å²) in [6.45, 7) is 4.00. The lowest BCUT2D eigenvalue weighted by atomic mass is 10.1. The van der Waals surface area contributed by atoms with Crippen LogP contribution in [0.2, 0.25) is 0 Å². The number of allylic oxidation sites excluding steroid dienone is 1. The van der Waals surface area contributed by atoms with Crippen molar-refractivity contribution >= 4 is 27.9 Å². The maximum atomic E-state index is 9.36. The first-order valence-corrected chi connectivity index (χ1v) is 6.99. The highest BCUT2D eigenvalue weighted by Gasteiger charge is 2.11. The standard InChI is InChI=1S/C15H12N4S/c1-10-9-19-14(11(2)18-15(19)20-10)7-12(8-16)13-5-3-4-6-17-13/h3-7,9H,1-2H3. The van der Waals surface area contributed by atoms with E-state index in [-0.39, 0.29) is 0 Å². The summed E-state index contributed by atoms with van der Waals surface area (Å²) in [6.07, 6.45) is 5.58. The van der Waals surface area contributed by atoms with E-state index in [0.29, 0.717) is 11.3 Å². The van der Waals surface area contributed by atoms with Crippen LogP contribution in [0.4, 0.5) is 0 Å². The first-order valence-electron chi connectivity index (χ1n) is 6.17. The van der Waals surface area contributed by atoms with Gasteiger partial charge >= 0.3 is 0 Å². The molecule has 0 radical (unpaired) electrons. The highest BCUT2D eigenvalue weighted by atomic mass is 32.1. The van der Waals surface area contributed by atoms with E-state index in [1.165, 1.54) is 4.88 Å². The molecule has 0 aliphatic rings. The lowest BCUT2D eigenvalue weighted by Gasteiger charge is -1.98. The minimum absolute atomic E-state index is 0.541. The molecule has 0 aliphatic heterocycles. The zero-order valence-electron chi connectivity index (χ0n) is 11.2. The van der Waals surface area contributed by atoms with E-state index in [9.17, 15) is 5.26 Å². The molecule has 0 amide bonds. The minimum atomic E-state index is 0.541. The third-order valence-corrected chi connectivity index (χ3v) is 3.90. The Morgan fingerprint density at radius 1 is 1.40 bits per heavy atom. The van der Waals surface area contributed by atoms with Crippen LogP contribution in [0.1, 0.15) is 22.0 Å². The molecule has 0 saturated heterocycles. The normalized spacial score (nSPS) is 11.8. The number of nitrogens with zero attached hydrogens (tertiary/aromatic N) is 4. The van der Waals surface area contributed by atoms with Gasteiger partial charge in [-0.05, 0) is 32.1 Å². The lowest BCUT2D eigenvalue weighted by Crippen LogP contribution is -1.89. The number of pyridine rings is 1. The van der Waals surface area contributed by atoms with Gasteiger partial charge in [-0.1, -0.05) is 6.07 Å². The van der Waals surface area contributed by atoms with E-state index in [2.05, 4.69) is 16.0 Å². The molecular formula is C15H12N4S. The molecule has 0 unspecified atom stereocenters. The zero-order chi connectivity index (χ0) is 14.1. The molecule has 0 saturated carbocycles. The molecule has 3 aromatic rings. The summed E-state index contributed by atoms with van der Waals surface area (Å²) in [5.74, 6) is 0. The molecule has 0 N–H and O–H groups in total. The number of hydrogen-bond donors (Lipinski definition) is 0. The van der Waals surface area contributed by atoms with Crippen LogP contribution in [0.25, 0.3) is 16.6 Å². The second-order valence-electron chi connectivity index (χ2n) is 4.46. The van der Waals surface area contributed by atoms with E-state index >= 15 is 0 Å². The van der Waals surface area contributed by atoms with Crippen LogP contribution in [-0.2, 0) is 0 Å². The van der Waals surface area contributed by atoms with Crippen LogP contribution in [0.15, 0.2) is 30.6 Å². The van der Waals surface area contributed by atoms with E-state index in [1.807, 2.05) is 48.7 Å². The second kappa shape index (κ2) is 4.91. The molecule has 4 nitrogen and oxygen atoms in total. The first kappa shape index (κ1) is 12.6. The number of hydrogen-bond acceptors (Lipinski definition) is 4. The van der Waals surface area contributed by atoms with Gasteiger partial charge in [-0.15, -0.1) is 11.3 Å². The number of thiazole rings is 1. The Morgan fingerprint density at radius 3 is 2.95 bits per heavy atom. The quantitative estimate of drug-likeness (QED) is 0.675. The summed E-state index contributed by atoms with van der Waals surface area (Å²) in [5.41, 5.74) is 3.07. The van der Waals surface area contributed by atoms with Crippen molar-refractivity contribution in [2.75, 3.05) is 0 Å². The fourth-order valence-electron chi connectivity index (χ4n) is 2.08. The van der Waals surface area contributed by atoms with Crippen molar-refractivity contribution < 1.29 is 0 Å². The van der Waals surface area contributed by atoms with E-state index in [4.69, 9.17) is 0 Å². The summed E-state index contributed by atoms with van der Waals surface area (Å²) in [5, 5.41) is 9.36. The van der Waals surface area contributed by atoms with Crippen LogP contribution in [-0.4, -0.2) is 14.4 Å². The molecule has 0 spiro atoms. The number of aromatic nitrogens is 3. The molecule has 0 bridgehead atoms. The molecule has 3 heterocycles. The van der Waals surface area contributed by atoms with Gasteiger partial charge in [0.25, 0.3) is 0 Å². The molecule has 98 valence electrons. The Labute approximate surface area is 120 Å². The van der Waals surface area contributed by atoms with E-state index in [0.717, 1.165) is 16.3 Å². The summed E-state index contributed by atoms with van der Waals surface area (Å²) in [4.78, 5) is 10.9. The average Bonchev–Trinajstić information content (AvgIpc) is 2.93. The van der Waals surface area contributed by atoms with Gasteiger partial charge in [-0.25, -0.2) is 4.98 Å². The maximum absolute atomic E-state index is 9.36. The SMILES string of the molecule is Cc1cn2c(C=C(C#N)c3ccccn3)c(C)nc2s1. The monoisotopic (exact) mass is 280 g/mol. The Kier molecular flexibility index (Phi) is 3.09. The second-order valence-corrected chi connectivity index (χ2v) is 5.67. The van der Waals surface area contributed by atoms with Gasteiger partial charge in [0.15, 0.2) is 4.96 Å². The fraction of sp³-hybridized carbons (Fsp3) is 0.133. The topological polar surface area (TPSA) is 54.0 Å². The predicted octanol–water partition coefficient (Wildman–Crippen LogP) is 3.47. The average molecular weight is 280 g/mol. The number of rotatable bonds is 2. The Bertz CT molecular complexity index is 834. The van der Waals surface area contributed by atoms with Crippen LogP contribution < -0.4 is 0 Å². The smallest absolute Gasteiger partial charge is 0.194 e. The molecule has 20 heavy (non-hydrogen) atoms. The maximum Gasteiger partial charge on any atom is 0.194 e. The van der Waals surface area contributed by atoms with Crippen molar-refractivity contribution in [2.24, 2.45) is 0 Å². The van der Waals surface area contributed by atoms with E-state index < -0.39 is 0 Å². The highest BCUT2D eigenvalue weighted by Crippen LogP contribution is 2.24. The lowest BCUT2D eigenvalue weighted by molar-refractivity contribution is 1.18. The third-order valence-electron chi connectivity index (χ3n) is 3.01. The largest absolute Gasteiger partial charge is 0.290 e. The summed E-state index contributed by atoms with van der Waals surface area (Å²) >= 11 is 1.64. The number of imidazole rings is 1. The van der Waals surface area contributed by atoms with Gasteiger partial charge in [0, 0.05) is 17.3 Å². The minimum Gasteiger partial charge on any atom is -0.290 e. The van der Waals surface area contributed by atoms with Crippen LogP contribution in [0, 0.1) is 25.2 Å². The van der Waals surface area contributed by atoms with Crippen LogP contribution >= 0.6 is 11.3 Å². The van der Waals surface area contributed by atoms with Crippen molar-refractivity contribution in [3.8, 4) is 6.07 Å². The molecule has 5 heteroatoms. The van der Waals surface area contributed by atoms with Crippen molar-refractivity contribution in [2.45, 2.75) is 13.8 Å². The third kappa shape index (κ3) is 2.10. The highest BCUT2D eigenvalue weighted by molar-refractivity contribution is 7.17. The number of fused-ring (bicyclic) bond motifs is 1. The van der Waals surface area contributed by atoms with Crippen LogP contribution in [0.5, 0.6) is 0 Å². The van der Waals surface area contributed by atoms with Crippen molar-refractivity contribution in [3.05, 3.63) is 52.6 Å². The molecule has 3 aromatic heterocycles. The Hall–Kier alpha value is -2.45. The van der Waals surface area contributed by atoms with Gasteiger partial charge in [0.05, 0.1) is 22.7 Å².